The summed E-state index contributed by atoms with van der Waals surface area (Å²) < 4.78 is 28.0. The molecule has 0 spiro atoms. The largest absolute Gasteiger partial charge is 0.375 e. The predicted molar refractivity (Wildman–Crippen MR) is 151 cm³/mol. The van der Waals surface area contributed by atoms with Crippen LogP contribution in [0.2, 0.25) is 0 Å². The average molecular weight is 627 g/mol. The Balaban J connectivity index is 1.37. The molecule has 9 nitrogen and oxygen atoms in total. The Morgan fingerprint density at radius 3 is 2.79 bits per heavy atom. The molecule has 4 aromatic rings. The van der Waals surface area contributed by atoms with Crippen molar-refractivity contribution in [2.24, 2.45) is 0 Å². The van der Waals surface area contributed by atoms with E-state index < -0.39 is 30.0 Å². The molecule has 0 saturated carbocycles. The maximum Gasteiger partial charge on any atom is 0.200 e. The Morgan fingerprint density at radius 2 is 2.05 bits per heavy atom. The van der Waals surface area contributed by atoms with Gasteiger partial charge in [-0.3, -0.25) is 0 Å². The van der Waals surface area contributed by atoms with Gasteiger partial charge >= 0.3 is 0 Å². The maximum atomic E-state index is 7.64. The van der Waals surface area contributed by atoms with Crippen LogP contribution >= 0.6 is 39.0 Å². The van der Waals surface area contributed by atoms with E-state index in [2.05, 4.69) is 36.1 Å². The van der Waals surface area contributed by atoms with E-state index >= 15 is 0 Å². The highest BCUT2D eigenvalue weighted by Crippen LogP contribution is 2.46. The van der Waals surface area contributed by atoms with Gasteiger partial charge in [-0.1, -0.05) is 63.6 Å². The lowest BCUT2D eigenvalue weighted by molar-refractivity contribution is -0.308. The molecule has 2 saturated heterocycles. The molecule has 0 N–H and O–H groups in total. The summed E-state index contributed by atoms with van der Waals surface area (Å²) in [5, 5.41) is 11.7. The Labute approximate surface area is 242 Å². The molecule has 2 aromatic heterocycles. The molecule has 2 aromatic carbocycles. The Bertz CT molecular complexity index is 1490. The van der Waals surface area contributed by atoms with E-state index in [0.29, 0.717) is 18.0 Å². The van der Waals surface area contributed by atoms with Crippen LogP contribution in [0, 0.1) is 13.5 Å². The van der Waals surface area contributed by atoms with Gasteiger partial charge in [0.2, 0.25) is 5.69 Å². The number of nitrogens with zero attached hydrogens (tertiary/aromatic N) is 5. The molecular weight excluding hydrogens is 602 g/mol. The lowest BCUT2D eigenvalue weighted by Crippen LogP contribution is -2.59. The van der Waals surface area contributed by atoms with Crippen molar-refractivity contribution in [3.8, 4) is 10.7 Å². The molecule has 2 aliphatic rings. The minimum absolute atomic E-state index is 0.329. The fourth-order valence-corrected chi connectivity index (χ4v) is 7.33. The summed E-state index contributed by atoms with van der Waals surface area (Å²) in [4.78, 5) is 9.06. The highest BCUT2D eigenvalue weighted by Gasteiger charge is 2.52. The second-order valence-electron chi connectivity index (χ2n) is 9.13. The fourth-order valence-electron chi connectivity index (χ4n) is 4.78. The number of hydrogen-bond donors (Lipinski definition) is 0. The molecule has 2 aliphatic heterocycles. The van der Waals surface area contributed by atoms with Crippen LogP contribution < -0.4 is 0 Å². The molecule has 0 aliphatic carbocycles. The monoisotopic (exact) mass is 625 g/mol. The zero-order valence-electron chi connectivity index (χ0n) is 21.0. The Hall–Kier alpha value is -2.63. The van der Waals surface area contributed by atoms with Crippen LogP contribution in [0.25, 0.3) is 15.5 Å². The lowest BCUT2D eigenvalue weighted by Gasteiger charge is -2.48. The van der Waals surface area contributed by atoms with Crippen LogP contribution in [-0.2, 0) is 18.9 Å². The minimum Gasteiger partial charge on any atom is -0.375 e. The molecule has 12 heteroatoms. The van der Waals surface area contributed by atoms with Crippen molar-refractivity contribution < 1.29 is 18.9 Å². The number of thioether (sulfide) groups is 1. The van der Waals surface area contributed by atoms with E-state index in [1.54, 1.807) is 17.9 Å². The third kappa shape index (κ3) is 5.40. The Morgan fingerprint density at radius 1 is 1.21 bits per heavy atom. The highest BCUT2D eigenvalue weighted by atomic mass is 79.9. The fraction of sp³-hybridized carbons (Fsp3) is 0.333. The van der Waals surface area contributed by atoms with Crippen LogP contribution in [0.15, 0.2) is 69.5 Å². The summed E-state index contributed by atoms with van der Waals surface area (Å²) in [6.07, 6.45) is 0.0388. The maximum absolute atomic E-state index is 7.64. The first kappa shape index (κ1) is 26.6. The molecule has 4 heterocycles. The summed E-state index contributed by atoms with van der Waals surface area (Å²) >= 11 is 6.50. The number of thiazole rings is 1. The van der Waals surface area contributed by atoms with Crippen LogP contribution in [0.4, 0.5) is 5.69 Å². The molecule has 0 radical (unpaired) electrons. The molecule has 39 heavy (non-hydrogen) atoms. The van der Waals surface area contributed by atoms with Crippen LogP contribution in [0.3, 0.4) is 0 Å². The van der Waals surface area contributed by atoms with Crippen molar-refractivity contribution in [3.05, 3.63) is 87.3 Å². The standard InChI is InChI=1S/C27H24BrN5O4S2/c1-15-14-38-25(30-15)19-12-33(32-31-19)22-23-20(13-35-26(37-23)16-7-5-4-6-8-16)36-27(24(22)34-3)39-21-11-17(28)9-10-18(21)29-2/h4-12,14,20,22-24,26-27H,13H2,1,3H3/t20?,22?,23-,24-,26?,27+/m0/s1. The van der Waals surface area contributed by atoms with Gasteiger partial charge in [-0.15, -0.1) is 28.2 Å². The molecule has 0 amide bonds. The molecule has 200 valence electrons. The minimum atomic E-state index is -0.552. The van der Waals surface area contributed by atoms with Crippen molar-refractivity contribution in [2.75, 3.05) is 13.7 Å². The smallest absolute Gasteiger partial charge is 0.200 e. The predicted octanol–water partition coefficient (Wildman–Crippen LogP) is 6.21. The summed E-state index contributed by atoms with van der Waals surface area (Å²) in [5.74, 6) is 0. The number of halogens is 1. The second kappa shape index (κ2) is 11.5. The average Bonchev–Trinajstić information content (AvgIpc) is 3.62. The normalized spacial score (nSPS) is 26.6. The zero-order valence-corrected chi connectivity index (χ0v) is 24.2. The summed E-state index contributed by atoms with van der Waals surface area (Å²) in [5.41, 5.74) is 2.62. The Kier molecular flexibility index (Phi) is 7.82. The van der Waals surface area contributed by atoms with E-state index in [1.165, 1.54) is 23.1 Å². The number of aryl methyl sites for hydroxylation is 1. The van der Waals surface area contributed by atoms with Gasteiger partial charge in [0, 0.05) is 33.1 Å². The molecule has 6 rings (SSSR count). The number of benzene rings is 2. The van der Waals surface area contributed by atoms with Gasteiger partial charge in [-0.25, -0.2) is 14.5 Å². The number of rotatable bonds is 6. The second-order valence-corrected chi connectivity index (χ2v) is 12.0. The van der Waals surface area contributed by atoms with Crippen molar-refractivity contribution in [1.29, 1.82) is 0 Å². The first-order valence-electron chi connectivity index (χ1n) is 12.2. The van der Waals surface area contributed by atoms with E-state index in [0.717, 1.165) is 25.6 Å². The van der Waals surface area contributed by atoms with Gasteiger partial charge in [-0.05, 0) is 13.0 Å². The van der Waals surface area contributed by atoms with Crippen LogP contribution in [0.1, 0.15) is 23.6 Å². The van der Waals surface area contributed by atoms with Gasteiger partial charge in [-0.2, -0.15) is 0 Å². The van der Waals surface area contributed by atoms with E-state index in [9.17, 15) is 0 Å². The van der Waals surface area contributed by atoms with Gasteiger partial charge in [0.15, 0.2) is 6.29 Å². The number of ether oxygens (including phenoxy) is 4. The number of fused-ring (bicyclic) bond motifs is 1. The lowest BCUT2D eigenvalue weighted by atomic mass is 9.96. The SMILES string of the molecule is [C-]#[N+]c1ccc(Br)cc1S[C@H]1OC2COC(c3ccccc3)O[C@@H]2C(n2cc(-c3nc(C)cs3)nn2)[C@@H]1OC. The molecular formula is C27H24BrN5O4S2. The highest BCUT2D eigenvalue weighted by molar-refractivity contribution is 9.10. The van der Waals surface area contributed by atoms with E-state index in [-0.39, 0.29) is 6.04 Å². The molecule has 6 atom stereocenters. The van der Waals surface area contributed by atoms with E-state index in [4.69, 9.17) is 25.5 Å². The summed E-state index contributed by atoms with van der Waals surface area (Å²) in [7, 11) is 1.65. The summed E-state index contributed by atoms with van der Waals surface area (Å²) in [6.45, 7) is 9.92. The van der Waals surface area contributed by atoms with Gasteiger partial charge in [0.25, 0.3) is 0 Å². The van der Waals surface area contributed by atoms with Crippen molar-refractivity contribution in [3.63, 3.8) is 0 Å². The topological polar surface area (TPSA) is 84.9 Å². The first-order chi connectivity index (χ1) is 19.0. The van der Waals surface area contributed by atoms with Gasteiger partial charge in [0.05, 0.1) is 19.4 Å². The quantitative estimate of drug-likeness (QED) is 0.234. The van der Waals surface area contributed by atoms with Crippen LogP contribution in [0.5, 0.6) is 0 Å². The molecule has 0 bridgehead atoms. The van der Waals surface area contributed by atoms with Crippen LogP contribution in [-0.4, -0.2) is 57.4 Å². The van der Waals surface area contributed by atoms with Crippen molar-refractivity contribution >= 4 is 44.7 Å². The summed E-state index contributed by atoms with van der Waals surface area (Å²) in [6, 6.07) is 15.0. The van der Waals surface area contributed by atoms with Gasteiger partial charge in [0.1, 0.15) is 40.5 Å². The molecule has 3 unspecified atom stereocenters. The number of aromatic nitrogens is 4. The number of hydrogen-bond acceptors (Lipinski definition) is 9. The third-order valence-electron chi connectivity index (χ3n) is 6.59. The van der Waals surface area contributed by atoms with Crippen molar-refractivity contribution in [1.82, 2.24) is 20.0 Å². The third-order valence-corrected chi connectivity index (χ3v) is 9.26. The number of methoxy groups -OCH3 is 1. The zero-order chi connectivity index (χ0) is 26.9. The van der Waals surface area contributed by atoms with E-state index in [1.807, 2.05) is 61.0 Å². The molecule has 2 fully saturated rings. The first-order valence-corrected chi connectivity index (χ1v) is 14.8. The van der Waals surface area contributed by atoms with Crippen molar-refractivity contribution in [2.45, 2.75) is 47.9 Å². The van der Waals surface area contributed by atoms with Gasteiger partial charge < -0.3 is 18.9 Å².